The van der Waals surface area contributed by atoms with Crippen molar-refractivity contribution in [3.05, 3.63) is 143 Å². The van der Waals surface area contributed by atoms with Gasteiger partial charge in [-0.05, 0) is 39.4 Å². The molecule has 4 rings (SSSR count). The Morgan fingerprint density at radius 3 is 1.30 bits per heavy atom. The van der Waals surface area contributed by atoms with Crippen LogP contribution in [0.5, 0.6) is 0 Å². The second kappa shape index (κ2) is 8.67. The number of hydrogen-bond acceptors (Lipinski definition) is 0. The lowest BCUT2D eigenvalue weighted by atomic mass is 9.63. The molecule has 0 aromatic heterocycles. The molecule has 4 aromatic carbocycles. The van der Waals surface area contributed by atoms with Crippen molar-refractivity contribution in [2.45, 2.75) is 57.8 Å². The third-order valence-electron chi connectivity index (χ3n) is 7.41. The van der Waals surface area contributed by atoms with Crippen molar-refractivity contribution < 1.29 is 0 Å². The summed E-state index contributed by atoms with van der Waals surface area (Å²) in [4.78, 5) is 0. The molecule has 0 heteroatoms. The Bertz CT molecular complexity index is 1130. The van der Waals surface area contributed by atoms with Crippen molar-refractivity contribution in [2.75, 3.05) is 0 Å². The first-order valence-corrected chi connectivity index (χ1v) is 11.9. The highest BCUT2D eigenvalue weighted by Gasteiger charge is 2.38. The summed E-state index contributed by atoms with van der Waals surface area (Å²) >= 11 is 0. The summed E-state index contributed by atoms with van der Waals surface area (Å²) in [6.07, 6.45) is 0. The van der Waals surface area contributed by atoms with Gasteiger partial charge in [-0.1, -0.05) is 145 Å². The summed E-state index contributed by atoms with van der Waals surface area (Å²) in [7, 11) is 0. The molecule has 0 bridgehead atoms. The molecule has 0 amide bonds. The van der Waals surface area contributed by atoms with Gasteiger partial charge in [0.15, 0.2) is 0 Å². The van der Waals surface area contributed by atoms with Gasteiger partial charge in [-0.25, -0.2) is 0 Å². The van der Waals surface area contributed by atoms with Crippen LogP contribution >= 0.6 is 0 Å². The molecular weight excluding hydrogens is 396 g/mol. The van der Waals surface area contributed by atoms with Gasteiger partial charge < -0.3 is 0 Å². The Morgan fingerprint density at radius 1 is 0.455 bits per heavy atom. The lowest BCUT2D eigenvalue weighted by Crippen LogP contribution is -2.33. The average Bonchev–Trinajstić information content (AvgIpc) is 2.85. The van der Waals surface area contributed by atoms with Crippen LogP contribution in [0.15, 0.2) is 103 Å². The van der Waals surface area contributed by atoms with E-state index in [0.29, 0.717) is 0 Å². The van der Waals surface area contributed by atoms with Gasteiger partial charge in [-0.2, -0.15) is 0 Å². The molecule has 0 unspecified atom stereocenters. The molecule has 0 aliphatic heterocycles. The summed E-state index contributed by atoms with van der Waals surface area (Å²) in [5, 5.41) is 0. The van der Waals surface area contributed by atoms with E-state index in [1.807, 2.05) is 0 Å². The SMILES string of the molecule is CC(C)(c1ccccc1)c1[c]ccc(C(C)(C)c2ccccc2)c1C(C)(C)c1ccccc1. The largest absolute Gasteiger partial charge is 0.0622 e. The third kappa shape index (κ3) is 4.15. The smallest absolute Gasteiger partial charge is 0.0155 e. The van der Waals surface area contributed by atoms with Crippen molar-refractivity contribution in [3.63, 3.8) is 0 Å². The van der Waals surface area contributed by atoms with E-state index in [-0.39, 0.29) is 16.2 Å². The van der Waals surface area contributed by atoms with E-state index >= 15 is 0 Å². The summed E-state index contributed by atoms with van der Waals surface area (Å²) in [5.41, 5.74) is 7.42. The molecule has 0 saturated heterocycles. The van der Waals surface area contributed by atoms with E-state index in [1.54, 1.807) is 0 Å². The van der Waals surface area contributed by atoms with Crippen molar-refractivity contribution in [3.8, 4) is 0 Å². The Labute approximate surface area is 200 Å². The number of rotatable bonds is 6. The molecule has 0 nitrogen and oxygen atoms in total. The van der Waals surface area contributed by atoms with Crippen LogP contribution in [0.3, 0.4) is 0 Å². The van der Waals surface area contributed by atoms with Gasteiger partial charge in [0.2, 0.25) is 0 Å². The van der Waals surface area contributed by atoms with Crippen LogP contribution in [0.2, 0.25) is 0 Å². The van der Waals surface area contributed by atoms with Gasteiger partial charge in [-0.3, -0.25) is 0 Å². The zero-order valence-corrected chi connectivity index (χ0v) is 20.8. The normalized spacial score (nSPS) is 12.5. The van der Waals surface area contributed by atoms with E-state index in [2.05, 4.69) is 151 Å². The average molecular weight is 432 g/mol. The standard InChI is InChI=1S/C33H35/c1-31(2,25-17-10-7-11-18-25)28-23-16-24-29(32(3,4)26-19-12-8-13-20-26)30(28)33(5,6)27-21-14-9-15-22-27/h7-23H,1-6H3. The fraction of sp³-hybridized carbons (Fsp3) is 0.273. The second-order valence-electron chi connectivity index (χ2n) is 10.6. The molecule has 0 atom stereocenters. The van der Waals surface area contributed by atoms with Gasteiger partial charge >= 0.3 is 0 Å². The molecule has 4 aromatic rings. The van der Waals surface area contributed by atoms with E-state index in [4.69, 9.17) is 0 Å². The second-order valence-corrected chi connectivity index (χ2v) is 10.6. The molecule has 0 aliphatic carbocycles. The fourth-order valence-corrected chi connectivity index (χ4v) is 5.17. The van der Waals surface area contributed by atoms with Gasteiger partial charge in [0.05, 0.1) is 0 Å². The summed E-state index contributed by atoms with van der Waals surface area (Å²) < 4.78 is 0. The fourth-order valence-electron chi connectivity index (χ4n) is 5.17. The lowest BCUT2D eigenvalue weighted by molar-refractivity contribution is 0.544. The van der Waals surface area contributed by atoms with Gasteiger partial charge in [0.1, 0.15) is 0 Å². The highest BCUT2D eigenvalue weighted by molar-refractivity contribution is 5.56. The molecular formula is C33H35. The van der Waals surface area contributed by atoms with Crippen molar-refractivity contribution >= 4 is 0 Å². The first kappa shape index (κ1) is 23.1. The topological polar surface area (TPSA) is 0 Å². The Balaban J connectivity index is 2.04. The number of hydrogen-bond donors (Lipinski definition) is 0. The molecule has 0 fully saturated rings. The van der Waals surface area contributed by atoms with Crippen LogP contribution in [0.4, 0.5) is 0 Å². The molecule has 167 valence electrons. The summed E-state index contributed by atoms with van der Waals surface area (Å²) in [6.45, 7) is 14.1. The molecule has 0 spiro atoms. The Hall–Kier alpha value is -3.12. The van der Waals surface area contributed by atoms with Crippen LogP contribution < -0.4 is 0 Å². The van der Waals surface area contributed by atoms with E-state index in [9.17, 15) is 0 Å². The molecule has 33 heavy (non-hydrogen) atoms. The summed E-state index contributed by atoms with van der Waals surface area (Å²) in [5.74, 6) is 0. The minimum absolute atomic E-state index is 0.154. The van der Waals surface area contributed by atoms with Gasteiger partial charge in [0.25, 0.3) is 0 Å². The monoisotopic (exact) mass is 431 g/mol. The van der Waals surface area contributed by atoms with Crippen LogP contribution in [0.25, 0.3) is 0 Å². The maximum atomic E-state index is 3.72. The maximum absolute atomic E-state index is 3.72. The van der Waals surface area contributed by atoms with Crippen LogP contribution in [0, 0.1) is 6.07 Å². The van der Waals surface area contributed by atoms with E-state index < -0.39 is 0 Å². The quantitative estimate of drug-likeness (QED) is 0.287. The molecule has 0 saturated carbocycles. The lowest BCUT2D eigenvalue weighted by Gasteiger charge is -2.40. The van der Waals surface area contributed by atoms with Gasteiger partial charge in [0, 0.05) is 16.2 Å². The highest BCUT2D eigenvalue weighted by Crippen LogP contribution is 2.47. The molecule has 0 N–H and O–H groups in total. The molecule has 0 aliphatic rings. The van der Waals surface area contributed by atoms with Crippen molar-refractivity contribution in [1.29, 1.82) is 0 Å². The maximum Gasteiger partial charge on any atom is 0.0155 e. The Morgan fingerprint density at radius 2 is 0.848 bits per heavy atom. The predicted octanol–water partition coefficient (Wildman–Crippen LogP) is 8.46. The summed E-state index contributed by atoms with van der Waals surface area (Å²) in [6, 6.07) is 40.7. The number of benzene rings is 4. The van der Waals surface area contributed by atoms with Crippen LogP contribution in [0.1, 0.15) is 74.9 Å². The first-order valence-electron chi connectivity index (χ1n) is 11.9. The minimum atomic E-state index is -0.193. The van der Waals surface area contributed by atoms with Gasteiger partial charge in [-0.15, -0.1) is 0 Å². The third-order valence-corrected chi connectivity index (χ3v) is 7.41. The first-order chi connectivity index (χ1) is 15.7. The highest BCUT2D eigenvalue weighted by atomic mass is 14.4. The molecule has 1 radical (unpaired) electrons. The van der Waals surface area contributed by atoms with Crippen LogP contribution in [-0.2, 0) is 16.2 Å². The van der Waals surface area contributed by atoms with E-state index in [0.717, 1.165) is 0 Å². The van der Waals surface area contributed by atoms with E-state index in [1.165, 1.54) is 33.4 Å². The molecule has 0 heterocycles. The van der Waals surface area contributed by atoms with Crippen molar-refractivity contribution in [2.24, 2.45) is 0 Å². The zero-order chi connectivity index (χ0) is 23.7. The predicted molar refractivity (Wildman–Crippen MR) is 141 cm³/mol. The Kier molecular flexibility index (Phi) is 6.06. The van der Waals surface area contributed by atoms with Crippen molar-refractivity contribution in [1.82, 2.24) is 0 Å². The zero-order valence-electron chi connectivity index (χ0n) is 20.8. The minimum Gasteiger partial charge on any atom is -0.0622 e. The van der Waals surface area contributed by atoms with Crippen LogP contribution in [-0.4, -0.2) is 0 Å².